The first-order valence-electron chi connectivity index (χ1n) is 15.1. The normalized spacial score (nSPS) is 16.9. The maximum atomic E-state index is 12.6. The van der Waals surface area contributed by atoms with E-state index in [1.165, 1.54) is 5.56 Å². The lowest BCUT2D eigenvalue weighted by molar-refractivity contribution is 0.0507. The summed E-state index contributed by atoms with van der Waals surface area (Å²) >= 11 is 0. The molecule has 9 heteroatoms. The number of ether oxygens (including phenoxy) is 3. The van der Waals surface area contributed by atoms with Gasteiger partial charge >= 0.3 is 5.97 Å². The molecular formula is C33H41N5O4. The number of H-pyrrole nitrogens is 1. The van der Waals surface area contributed by atoms with Gasteiger partial charge in [-0.2, -0.15) is 5.10 Å². The van der Waals surface area contributed by atoms with Gasteiger partial charge in [-0.15, -0.1) is 5.10 Å². The van der Waals surface area contributed by atoms with Crippen molar-refractivity contribution in [1.82, 2.24) is 25.2 Å². The molecule has 1 fully saturated rings. The Bertz CT molecular complexity index is 1430. The van der Waals surface area contributed by atoms with E-state index in [4.69, 9.17) is 14.2 Å². The summed E-state index contributed by atoms with van der Waals surface area (Å²) in [6.07, 6.45) is 5.91. The van der Waals surface area contributed by atoms with E-state index >= 15 is 0 Å². The van der Waals surface area contributed by atoms with Crippen molar-refractivity contribution in [3.8, 4) is 22.9 Å². The molecule has 2 aromatic heterocycles. The van der Waals surface area contributed by atoms with Gasteiger partial charge in [0.25, 0.3) is 0 Å². The summed E-state index contributed by atoms with van der Waals surface area (Å²) in [5, 5.41) is 16.2. The minimum absolute atomic E-state index is 0.0321. The quantitative estimate of drug-likeness (QED) is 0.184. The lowest BCUT2D eigenvalue weighted by Gasteiger charge is -2.29. The second-order valence-electron chi connectivity index (χ2n) is 10.9. The van der Waals surface area contributed by atoms with E-state index in [-0.39, 0.29) is 18.4 Å². The van der Waals surface area contributed by atoms with Crippen molar-refractivity contribution in [2.45, 2.75) is 83.8 Å². The zero-order valence-electron chi connectivity index (χ0n) is 25.0. The van der Waals surface area contributed by atoms with E-state index < -0.39 is 5.97 Å². The van der Waals surface area contributed by atoms with Gasteiger partial charge in [0, 0.05) is 5.92 Å². The molecule has 0 saturated heterocycles. The van der Waals surface area contributed by atoms with Crippen molar-refractivity contribution in [3.63, 3.8) is 0 Å². The summed E-state index contributed by atoms with van der Waals surface area (Å²) in [5.74, 6) is 1.58. The first kappa shape index (κ1) is 29.4. The summed E-state index contributed by atoms with van der Waals surface area (Å²) in [6.45, 7) is 6.87. The Hall–Kier alpha value is -4.14. The number of benzene rings is 2. The number of esters is 1. The van der Waals surface area contributed by atoms with Gasteiger partial charge in [-0.05, 0) is 86.3 Å². The average Bonchev–Trinajstić information content (AvgIpc) is 3.67. The van der Waals surface area contributed by atoms with E-state index in [0.29, 0.717) is 24.3 Å². The molecule has 1 aliphatic carbocycles. The zero-order valence-corrected chi connectivity index (χ0v) is 25.0. The molecule has 2 aromatic carbocycles. The molecule has 5 rings (SSSR count). The van der Waals surface area contributed by atoms with Gasteiger partial charge in [-0.3, -0.25) is 5.10 Å². The number of carbonyl (C=O) groups is 1. The van der Waals surface area contributed by atoms with E-state index in [1.54, 1.807) is 18.7 Å². The first-order chi connectivity index (χ1) is 20.5. The average molecular weight is 572 g/mol. The molecule has 222 valence electrons. The molecule has 0 bridgehead atoms. The number of nitrogens with one attached hydrogen (secondary N) is 1. The van der Waals surface area contributed by atoms with Crippen molar-refractivity contribution in [2.24, 2.45) is 0 Å². The second kappa shape index (κ2) is 13.7. The third-order valence-electron chi connectivity index (χ3n) is 8.30. The van der Waals surface area contributed by atoms with Crippen LogP contribution in [0.3, 0.4) is 0 Å². The fourth-order valence-electron chi connectivity index (χ4n) is 5.76. The molecule has 1 aliphatic rings. The van der Waals surface area contributed by atoms with Gasteiger partial charge in [0.05, 0.1) is 31.6 Å². The fraction of sp³-hybridized carbons (Fsp3) is 0.455. The van der Waals surface area contributed by atoms with Crippen LogP contribution in [0.1, 0.15) is 98.4 Å². The number of nitrogens with zero attached hydrogens (tertiary/aromatic N) is 4. The highest BCUT2D eigenvalue weighted by Gasteiger charge is 2.29. The van der Waals surface area contributed by atoms with Crippen LogP contribution in [0.4, 0.5) is 0 Å². The first-order valence-corrected chi connectivity index (χ1v) is 15.1. The number of rotatable bonds is 12. The van der Waals surface area contributed by atoms with E-state index in [0.717, 1.165) is 66.8 Å². The number of hydrogen-bond acceptors (Lipinski definition) is 7. The van der Waals surface area contributed by atoms with Crippen molar-refractivity contribution in [3.05, 3.63) is 77.1 Å². The molecule has 1 N–H and O–H groups in total. The molecule has 0 unspecified atom stereocenters. The Morgan fingerprint density at radius 3 is 2.36 bits per heavy atom. The molecule has 0 aliphatic heterocycles. The molecule has 2 heterocycles. The monoisotopic (exact) mass is 571 g/mol. The largest absolute Gasteiger partial charge is 0.497 e. The van der Waals surface area contributed by atoms with Crippen molar-refractivity contribution < 1.29 is 19.0 Å². The van der Waals surface area contributed by atoms with Crippen LogP contribution in [0.15, 0.2) is 54.6 Å². The van der Waals surface area contributed by atoms with Gasteiger partial charge in [0.1, 0.15) is 11.9 Å². The van der Waals surface area contributed by atoms with E-state index in [9.17, 15) is 4.79 Å². The van der Waals surface area contributed by atoms with Crippen molar-refractivity contribution in [1.29, 1.82) is 0 Å². The Labute approximate surface area is 247 Å². The highest BCUT2D eigenvalue weighted by molar-refractivity contribution is 5.89. The number of aromatic amines is 1. The Balaban J connectivity index is 1.23. The van der Waals surface area contributed by atoms with Gasteiger partial charge in [-0.25, -0.2) is 9.48 Å². The SMILES string of the molecule is CCOC(=O)c1nnn(Cc2ccc(OC)cc2)c1O[C@H]1CC[C@H](c2ccc(-c3cc(C(CC)CC)n[nH]3)cc2)CC1. The molecule has 1 saturated carbocycles. The molecule has 9 nitrogen and oxygen atoms in total. The molecule has 0 amide bonds. The van der Waals surface area contributed by atoms with Crippen LogP contribution in [0.5, 0.6) is 11.6 Å². The van der Waals surface area contributed by atoms with Crippen LogP contribution in [-0.2, 0) is 11.3 Å². The number of methoxy groups -OCH3 is 1. The smallest absolute Gasteiger partial charge is 0.364 e. The third kappa shape index (κ3) is 6.66. The Morgan fingerprint density at radius 2 is 1.71 bits per heavy atom. The number of hydrogen-bond donors (Lipinski definition) is 1. The summed E-state index contributed by atoms with van der Waals surface area (Å²) in [7, 11) is 1.64. The van der Waals surface area contributed by atoms with Crippen LogP contribution in [0.2, 0.25) is 0 Å². The Morgan fingerprint density at radius 1 is 1.00 bits per heavy atom. The lowest BCUT2D eigenvalue weighted by Crippen LogP contribution is -2.25. The van der Waals surface area contributed by atoms with Gasteiger partial charge in [0.15, 0.2) is 0 Å². The highest BCUT2D eigenvalue weighted by Crippen LogP contribution is 2.36. The van der Waals surface area contributed by atoms with Crippen LogP contribution >= 0.6 is 0 Å². The molecule has 42 heavy (non-hydrogen) atoms. The molecule has 4 aromatic rings. The lowest BCUT2D eigenvalue weighted by atomic mass is 9.82. The third-order valence-corrected chi connectivity index (χ3v) is 8.30. The summed E-state index contributed by atoms with van der Waals surface area (Å²) < 4.78 is 18.6. The van der Waals surface area contributed by atoms with Crippen molar-refractivity contribution in [2.75, 3.05) is 13.7 Å². The van der Waals surface area contributed by atoms with Gasteiger partial charge < -0.3 is 14.2 Å². The minimum Gasteiger partial charge on any atom is -0.497 e. The topological polar surface area (TPSA) is 104 Å². The van der Waals surface area contributed by atoms with Crippen LogP contribution in [0.25, 0.3) is 11.3 Å². The maximum absolute atomic E-state index is 12.6. The van der Waals surface area contributed by atoms with Crippen LogP contribution in [0, 0.1) is 0 Å². The minimum atomic E-state index is -0.522. The van der Waals surface area contributed by atoms with Gasteiger partial charge in [-0.1, -0.05) is 55.5 Å². The molecule has 0 spiro atoms. The summed E-state index contributed by atoms with van der Waals surface area (Å²) in [6, 6.07) is 18.8. The fourth-order valence-corrected chi connectivity index (χ4v) is 5.76. The van der Waals surface area contributed by atoms with Crippen LogP contribution in [-0.4, -0.2) is 51.0 Å². The summed E-state index contributed by atoms with van der Waals surface area (Å²) in [5.41, 5.74) is 5.83. The van der Waals surface area contributed by atoms with Gasteiger partial charge in [0.2, 0.25) is 11.6 Å². The number of aromatic nitrogens is 5. The summed E-state index contributed by atoms with van der Waals surface area (Å²) in [4.78, 5) is 12.6. The highest BCUT2D eigenvalue weighted by atomic mass is 16.5. The molecule has 0 radical (unpaired) electrons. The van der Waals surface area contributed by atoms with E-state index in [2.05, 4.69) is 64.7 Å². The zero-order chi connectivity index (χ0) is 29.5. The Kier molecular flexibility index (Phi) is 9.56. The van der Waals surface area contributed by atoms with Crippen molar-refractivity contribution >= 4 is 5.97 Å². The maximum Gasteiger partial charge on any atom is 0.364 e. The number of carbonyl (C=O) groups excluding carboxylic acids is 1. The molecule has 0 atom stereocenters. The molecular weight excluding hydrogens is 530 g/mol. The predicted molar refractivity (Wildman–Crippen MR) is 161 cm³/mol. The standard InChI is InChI=1S/C33H41N5O4/c1-5-23(6-2)29-20-30(35-34-29)26-12-10-24(11-13-26)25-14-18-28(19-15-25)42-32-31(33(39)41-7-3)36-37-38(32)21-22-8-16-27(40-4)17-9-22/h8-13,16-17,20,23,25,28H,5-7,14-15,18-19,21H2,1-4H3,(H,34,35)/t25-,28-. The van der Waals surface area contributed by atoms with E-state index in [1.807, 2.05) is 24.3 Å². The second-order valence-corrected chi connectivity index (χ2v) is 10.9. The van der Waals surface area contributed by atoms with Crippen LogP contribution < -0.4 is 9.47 Å². The predicted octanol–water partition coefficient (Wildman–Crippen LogP) is 6.91.